The molecule has 0 fully saturated rings. The summed E-state index contributed by atoms with van der Waals surface area (Å²) in [5.74, 6) is -1.47. The van der Waals surface area contributed by atoms with Crippen LogP contribution in [-0.4, -0.2) is 4.98 Å². The number of nitrogens with one attached hydrogen (secondary N) is 1. The number of benzene rings is 1. The van der Waals surface area contributed by atoms with Crippen LogP contribution in [0.2, 0.25) is 0 Å². The van der Waals surface area contributed by atoms with Gasteiger partial charge in [0.2, 0.25) is 0 Å². The first kappa shape index (κ1) is 10.8. The Labute approximate surface area is 90.9 Å². The molecular weight excluding hydrogens is 212 g/mol. The number of rotatable bonds is 1. The molecule has 0 radical (unpaired) electrons. The second-order valence-electron chi connectivity index (χ2n) is 3.72. The van der Waals surface area contributed by atoms with E-state index in [1.807, 2.05) is 6.92 Å². The van der Waals surface area contributed by atoms with Gasteiger partial charge in [0, 0.05) is 17.3 Å². The van der Waals surface area contributed by atoms with E-state index < -0.39 is 11.6 Å². The number of aromatic nitrogens is 1. The van der Waals surface area contributed by atoms with Gasteiger partial charge in [0.1, 0.15) is 11.6 Å². The standard InChI is InChI=1S/C12H11F2NO/c1-3-10-6(2)12(16)8-4-7(13)5-9(14)11(8)15-10/h4-5H,3H2,1-2H3,(H,15,16). The van der Waals surface area contributed by atoms with Crippen LogP contribution in [0.15, 0.2) is 16.9 Å². The van der Waals surface area contributed by atoms with Gasteiger partial charge in [-0.1, -0.05) is 6.92 Å². The fraction of sp³-hybridized carbons (Fsp3) is 0.250. The summed E-state index contributed by atoms with van der Waals surface area (Å²) in [6.07, 6.45) is 0.605. The van der Waals surface area contributed by atoms with Crippen LogP contribution in [-0.2, 0) is 6.42 Å². The first-order chi connectivity index (χ1) is 7.54. The van der Waals surface area contributed by atoms with Crippen molar-refractivity contribution in [3.63, 3.8) is 0 Å². The number of H-pyrrole nitrogens is 1. The van der Waals surface area contributed by atoms with Gasteiger partial charge >= 0.3 is 0 Å². The maximum atomic E-state index is 13.5. The van der Waals surface area contributed by atoms with Crippen molar-refractivity contribution in [3.8, 4) is 0 Å². The van der Waals surface area contributed by atoms with E-state index in [1.165, 1.54) is 0 Å². The highest BCUT2D eigenvalue weighted by molar-refractivity contribution is 5.80. The Morgan fingerprint density at radius 2 is 2.00 bits per heavy atom. The monoisotopic (exact) mass is 223 g/mol. The van der Waals surface area contributed by atoms with Gasteiger partial charge in [-0.25, -0.2) is 8.78 Å². The van der Waals surface area contributed by atoms with Crippen molar-refractivity contribution in [1.82, 2.24) is 4.98 Å². The third-order valence-electron chi connectivity index (χ3n) is 2.72. The van der Waals surface area contributed by atoms with E-state index in [0.29, 0.717) is 17.7 Å². The highest BCUT2D eigenvalue weighted by atomic mass is 19.1. The molecule has 2 aromatic rings. The summed E-state index contributed by atoms with van der Waals surface area (Å²) in [6.45, 7) is 3.52. The van der Waals surface area contributed by atoms with Crippen molar-refractivity contribution < 1.29 is 8.78 Å². The summed E-state index contributed by atoms with van der Waals surface area (Å²) in [5, 5.41) is 0.0622. The number of fused-ring (bicyclic) bond motifs is 1. The Bertz CT molecular complexity index is 616. The van der Waals surface area contributed by atoms with Crippen molar-refractivity contribution in [2.24, 2.45) is 0 Å². The molecule has 0 aliphatic rings. The van der Waals surface area contributed by atoms with E-state index in [2.05, 4.69) is 4.98 Å². The smallest absolute Gasteiger partial charge is 0.192 e. The zero-order valence-corrected chi connectivity index (χ0v) is 9.03. The van der Waals surface area contributed by atoms with Crippen molar-refractivity contribution in [1.29, 1.82) is 0 Å². The van der Waals surface area contributed by atoms with Crippen LogP contribution in [0.5, 0.6) is 0 Å². The molecule has 0 aliphatic heterocycles. The summed E-state index contributed by atoms with van der Waals surface area (Å²) in [5.41, 5.74) is 0.959. The number of hydrogen-bond donors (Lipinski definition) is 1. The van der Waals surface area contributed by atoms with Gasteiger partial charge in [0.05, 0.1) is 10.9 Å². The zero-order chi connectivity index (χ0) is 11.9. The molecule has 84 valence electrons. The van der Waals surface area contributed by atoms with Crippen LogP contribution < -0.4 is 5.43 Å². The fourth-order valence-corrected chi connectivity index (χ4v) is 1.82. The quantitative estimate of drug-likeness (QED) is 0.792. The Morgan fingerprint density at radius 1 is 1.31 bits per heavy atom. The third kappa shape index (κ3) is 1.50. The molecule has 0 amide bonds. The Morgan fingerprint density at radius 3 is 2.62 bits per heavy atom. The number of halogens is 2. The number of pyridine rings is 1. The van der Waals surface area contributed by atoms with Crippen LogP contribution >= 0.6 is 0 Å². The molecule has 0 spiro atoms. The Kier molecular flexibility index (Phi) is 2.50. The van der Waals surface area contributed by atoms with E-state index in [9.17, 15) is 13.6 Å². The molecule has 16 heavy (non-hydrogen) atoms. The minimum absolute atomic E-state index is 0.0622. The SMILES string of the molecule is CCc1[nH]c2c(F)cc(F)cc2c(=O)c1C. The van der Waals surface area contributed by atoms with Gasteiger partial charge in [-0.3, -0.25) is 4.79 Å². The van der Waals surface area contributed by atoms with Crippen molar-refractivity contribution in [3.05, 3.63) is 45.2 Å². The molecule has 0 atom stereocenters. The largest absolute Gasteiger partial charge is 0.356 e. The predicted octanol–water partition coefficient (Wildman–Crippen LogP) is 2.68. The number of hydrogen-bond acceptors (Lipinski definition) is 1. The van der Waals surface area contributed by atoms with Crippen LogP contribution in [0.1, 0.15) is 18.2 Å². The van der Waals surface area contributed by atoms with Crippen molar-refractivity contribution >= 4 is 10.9 Å². The lowest BCUT2D eigenvalue weighted by Crippen LogP contribution is -2.12. The van der Waals surface area contributed by atoms with Gasteiger partial charge in [-0.2, -0.15) is 0 Å². The van der Waals surface area contributed by atoms with Gasteiger partial charge in [0.15, 0.2) is 5.43 Å². The normalized spacial score (nSPS) is 11.0. The van der Waals surface area contributed by atoms with Gasteiger partial charge in [-0.15, -0.1) is 0 Å². The van der Waals surface area contributed by atoms with Gasteiger partial charge in [0.25, 0.3) is 0 Å². The second kappa shape index (κ2) is 3.70. The molecule has 1 N–H and O–H groups in total. The third-order valence-corrected chi connectivity index (χ3v) is 2.72. The minimum atomic E-state index is -0.737. The van der Waals surface area contributed by atoms with E-state index in [0.717, 1.165) is 12.1 Å². The van der Waals surface area contributed by atoms with E-state index in [1.54, 1.807) is 6.92 Å². The minimum Gasteiger partial charge on any atom is -0.356 e. The molecule has 0 unspecified atom stereocenters. The van der Waals surface area contributed by atoms with E-state index in [-0.39, 0.29) is 16.3 Å². The molecule has 0 bridgehead atoms. The molecule has 2 rings (SSSR count). The molecule has 1 aromatic carbocycles. The molecule has 0 saturated heterocycles. The van der Waals surface area contributed by atoms with E-state index in [4.69, 9.17) is 0 Å². The average Bonchev–Trinajstić information content (AvgIpc) is 2.24. The van der Waals surface area contributed by atoms with Gasteiger partial charge < -0.3 is 4.98 Å². The average molecular weight is 223 g/mol. The molecule has 1 aromatic heterocycles. The van der Waals surface area contributed by atoms with Crippen LogP contribution in [0.4, 0.5) is 8.78 Å². The van der Waals surface area contributed by atoms with E-state index >= 15 is 0 Å². The summed E-state index contributed by atoms with van der Waals surface area (Å²) in [7, 11) is 0. The highest BCUT2D eigenvalue weighted by Crippen LogP contribution is 2.17. The molecule has 4 heteroatoms. The predicted molar refractivity (Wildman–Crippen MR) is 58.6 cm³/mol. The molecule has 0 aliphatic carbocycles. The summed E-state index contributed by atoms with van der Waals surface area (Å²) in [6, 6.07) is 1.83. The Hall–Kier alpha value is -1.71. The lowest BCUT2D eigenvalue weighted by atomic mass is 10.1. The summed E-state index contributed by atoms with van der Waals surface area (Å²) < 4.78 is 26.5. The molecule has 1 heterocycles. The number of aryl methyl sites for hydroxylation is 1. The second-order valence-corrected chi connectivity index (χ2v) is 3.72. The highest BCUT2D eigenvalue weighted by Gasteiger charge is 2.11. The topological polar surface area (TPSA) is 32.9 Å². The Balaban J connectivity index is 2.99. The first-order valence-corrected chi connectivity index (χ1v) is 5.05. The fourth-order valence-electron chi connectivity index (χ4n) is 1.82. The molecule has 2 nitrogen and oxygen atoms in total. The molecular formula is C12H11F2NO. The van der Waals surface area contributed by atoms with Crippen molar-refractivity contribution in [2.75, 3.05) is 0 Å². The molecule has 0 saturated carbocycles. The maximum Gasteiger partial charge on any atom is 0.192 e. The van der Waals surface area contributed by atoms with Crippen LogP contribution in [0.3, 0.4) is 0 Å². The zero-order valence-electron chi connectivity index (χ0n) is 9.03. The maximum absolute atomic E-state index is 13.5. The van der Waals surface area contributed by atoms with Crippen LogP contribution in [0.25, 0.3) is 10.9 Å². The first-order valence-electron chi connectivity index (χ1n) is 5.05. The van der Waals surface area contributed by atoms with Crippen LogP contribution in [0, 0.1) is 18.6 Å². The van der Waals surface area contributed by atoms with Gasteiger partial charge in [-0.05, 0) is 19.4 Å². The number of aromatic amines is 1. The summed E-state index contributed by atoms with van der Waals surface area (Å²) in [4.78, 5) is 14.7. The lowest BCUT2D eigenvalue weighted by molar-refractivity contribution is 0.590. The lowest BCUT2D eigenvalue weighted by Gasteiger charge is -2.07. The van der Waals surface area contributed by atoms with Crippen molar-refractivity contribution in [2.45, 2.75) is 20.3 Å². The summed E-state index contributed by atoms with van der Waals surface area (Å²) >= 11 is 0.